The Balaban J connectivity index is 0.000000118. The van der Waals surface area contributed by atoms with Gasteiger partial charge in [-0.3, -0.25) is 0 Å². The minimum Gasteiger partial charge on any atom is -0.228 e. The van der Waals surface area contributed by atoms with Gasteiger partial charge in [-0.15, -0.1) is 0 Å². The highest BCUT2D eigenvalue weighted by Crippen LogP contribution is 2.33. The van der Waals surface area contributed by atoms with E-state index in [-0.39, 0.29) is 0 Å². The van der Waals surface area contributed by atoms with Crippen LogP contribution < -0.4 is 4.68 Å². The number of hydrogen-bond donors (Lipinski definition) is 0. The molecule has 0 N–H and O–H groups in total. The quantitative estimate of drug-likeness (QED) is 0.0811. The second-order valence-electron chi connectivity index (χ2n) is 25.2. The maximum atomic E-state index is 4.80. The molecule has 0 saturated heterocycles. The summed E-state index contributed by atoms with van der Waals surface area (Å²) < 4.78 is 6.78. The van der Waals surface area contributed by atoms with E-state index < -0.39 is 0 Å². The van der Waals surface area contributed by atoms with E-state index in [1.54, 1.807) is 0 Å². The summed E-state index contributed by atoms with van der Waals surface area (Å²) >= 11 is 17.5. The van der Waals surface area contributed by atoms with E-state index in [4.69, 9.17) is 29.9 Å². The molecule has 0 amide bonds. The molecule has 0 unspecified atom stereocenters. The second kappa shape index (κ2) is 39.0. The van der Waals surface area contributed by atoms with Crippen LogP contribution in [-0.2, 0) is 0 Å². The molecule has 13 aromatic carbocycles. The van der Waals surface area contributed by atoms with Crippen molar-refractivity contribution in [1.82, 2.24) is 50.0 Å². The first kappa shape index (κ1) is 77.3. The highest BCUT2D eigenvalue weighted by molar-refractivity contribution is 9.11. The lowest BCUT2D eigenvalue weighted by Crippen LogP contribution is -2.35. The first-order chi connectivity index (χ1) is 55.5. The first-order valence-corrected chi connectivity index (χ1v) is 40.0. The third-order valence-electron chi connectivity index (χ3n) is 17.4. The molecular weight excluding hydrogens is 1720 g/mol. The van der Waals surface area contributed by atoms with Crippen molar-refractivity contribution in [3.63, 3.8) is 0 Å². The molecule has 18 aromatic rings. The zero-order chi connectivity index (χ0) is 77.3. The van der Waals surface area contributed by atoms with E-state index in [1.807, 2.05) is 351 Å². The topological polar surface area (TPSA) is 133 Å². The Bertz CT molecular complexity index is 5420. The van der Waals surface area contributed by atoms with Crippen molar-refractivity contribution in [2.45, 2.75) is 0 Å². The van der Waals surface area contributed by atoms with Gasteiger partial charge in [-0.25, -0.2) is 44.9 Å². The first-order valence-electron chi connectivity index (χ1n) is 36.1. The average Bonchev–Trinajstić information content (AvgIpc) is 0.820. The van der Waals surface area contributed by atoms with E-state index in [2.05, 4.69) is 160 Å². The number of aromatic nitrogens is 11. The van der Waals surface area contributed by atoms with Crippen LogP contribution in [0.4, 0.5) is 0 Å². The van der Waals surface area contributed by atoms with E-state index >= 15 is 0 Å². The summed E-state index contributed by atoms with van der Waals surface area (Å²) in [7, 11) is 0. The normalized spacial score (nSPS) is 10.5. The lowest BCUT2D eigenvalue weighted by atomic mass is 10.1. The SMILES string of the molecule is Brc1cc(-c2ccccc2)nc(-c2ccccc2)n1.Brc1cc[n+](-c2ccccc2)nc1-c1ccccc1.Brc1ccc(-c2cc(-c3ccccc3)nc(-c3ccccc3)n2)cc1.Brc1ccc(-c2nc(-c3ccccc3)cc(-c3ccccc3)n2)cc1.Brc1ccc(-c2nc(-c3ccccc3)nc(-c3ccccc3)n2)cc1. The molecule has 18 rings (SSSR count). The largest absolute Gasteiger partial charge is 0.238 e. The van der Waals surface area contributed by atoms with Crippen LogP contribution in [0.25, 0.3) is 142 Å². The molecule has 0 fully saturated rings. The van der Waals surface area contributed by atoms with Crippen molar-refractivity contribution in [1.29, 1.82) is 0 Å². The fourth-order valence-electron chi connectivity index (χ4n) is 11.7. The zero-order valence-corrected chi connectivity index (χ0v) is 68.4. The van der Waals surface area contributed by atoms with E-state index in [1.165, 1.54) is 0 Å². The number of para-hydroxylation sites is 1. The number of halogens is 5. The lowest BCUT2D eigenvalue weighted by molar-refractivity contribution is -0.659. The van der Waals surface area contributed by atoms with Gasteiger partial charge in [0.1, 0.15) is 4.60 Å². The molecule has 0 aliphatic heterocycles. The molecule has 113 heavy (non-hydrogen) atoms. The summed E-state index contributed by atoms with van der Waals surface area (Å²) in [4.78, 5) is 42.3. The van der Waals surface area contributed by atoms with Crippen molar-refractivity contribution in [2.24, 2.45) is 0 Å². The monoisotopic (exact) mass is 1780 g/mol. The Kier molecular flexibility index (Phi) is 26.7. The van der Waals surface area contributed by atoms with Gasteiger partial charge in [0.05, 0.1) is 32.9 Å². The third kappa shape index (κ3) is 21.4. The Hall–Kier alpha value is -12.4. The van der Waals surface area contributed by atoms with Crippen LogP contribution in [0.3, 0.4) is 0 Å². The van der Waals surface area contributed by atoms with Crippen molar-refractivity contribution in [2.75, 3.05) is 0 Å². The molecule has 16 heteroatoms. The molecule has 0 aliphatic rings. The number of nitrogens with zero attached hydrogens (tertiary/aromatic N) is 11. The molecule has 0 aliphatic carbocycles. The minimum absolute atomic E-state index is 0.667. The predicted octanol–water partition coefficient (Wildman–Crippen LogP) is 26.5. The molecule has 0 radical (unpaired) electrons. The van der Waals surface area contributed by atoms with Gasteiger partial charge < -0.3 is 0 Å². The van der Waals surface area contributed by atoms with Crippen LogP contribution in [0.15, 0.2) is 429 Å². The Morgan fingerprint density at radius 1 is 0.186 bits per heavy atom. The minimum atomic E-state index is 0.667. The van der Waals surface area contributed by atoms with Gasteiger partial charge >= 0.3 is 0 Å². The van der Waals surface area contributed by atoms with Crippen LogP contribution in [0, 0.1) is 0 Å². The molecule has 544 valence electrons. The number of hydrogen-bond acceptors (Lipinski definition) is 10. The summed E-state index contributed by atoms with van der Waals surface area (Å²) in [5, 5.41) is 4.68. The van der Waals surface area contributed by atoms with Crippen LogP contribution in [0.2, 0.25) is 0 Å². The Labute approximate surface area is 698 Å². The predicted molar refractivity (Wildman–Crippen MR) is 475 cm³/mol. The van der Waals surface area contributed by atoms with Gasteiger partial charge in [-0.2, -0.15) is 0 Å². The second-order valence-corrected chi connectivity index (χ2v) is 29.7. The fraction of sp³-hybridized carbons (Fsp3) is 0. The summed E-state index contributed by atoms with van der Waals surface area (Å²) in [6.07, 6.45) is 1.95. The Morgan fingerprint density at radius 2 is 0.407 bits per heavy atom. The summed E-state index contributed by atoms with van der Waals surface area (Å²) in [5.74, 6) is 4.21. The van der Waals surface area contributed by atoms with Crippen molar-refractivity contribution >= 4 is 79.6 Å². The van der Waals surface area contributed by atoms with E-state index in [9.17, 15) is 0 Å². The van der Waals surface area contributed by atoms with E-state index in [0.29, 0.717) is 17.5 Å². The van der Waals surface area contributed by atoms with Gasteiger partial charge in [0.2, 0.25) is 11.9 Å². The molecular formula is C97H67Br5N11+. The van der Waals surface area contributed by atoms with Gasteiger partial charge in [-0.05, 0) is 86.5 Å². The molecule has 0 bridgehead atoms. The highest BCUT2D eigenvalue weighted by atomic mass is 79.9. The Morgan fingerprint density at radius 3 is 0.708 bits per heavy atom. The number of rotatable bonds is 13. The smallest absolute Gasteiger partial charge is 0.228 e. The summed E-state index contributed by atoms with van der Waals surface area (Å²) in [6.45, 7) is 0. The molecule has 0 spiro atoms. The summed E-state index contributed by atoms with van der Waals surface area (Å²) in [6, 6.07) is 133. The number of benzene rings is 13. The van der Waals surface area contributed by atoms with Crippen molar-refractivity contribution < 1.29 is 4.68 Å². The molecule has 5 heterocycles. The molecule has 5 aromatic heterocycles. The average molecular weight is 1790 g/mol. The van der Waals surface area contributed by atoms with Crippen LogP contribution >= 0.6 is 79.6 Å². The molecule has 0 saturated carbocycles. The molecule has 0 atom stereocenters. The van der Waals surface area contributed by atoms with Crippen LogP contribution in [0.5, 0.6) is 0 Å². The zero-order valence-electron chi connectivity index (χ0n) is 60.5. The standard InChI is InChI=1S/2C22H15BrN2.C21H14BrN3.C16H12BrN2.C16H11BrN2/c23-19-13-11-17(12-14-19)21-15-20(16-7-3-1-4-8-16)24-22(25-21)18-9-5-2-6-10-18;23-19-13-11-18(12-14-19)22-24-20(16-7-3-1-4-8-16)15-21(25-22)17-9-5-2-6-10-17;22-18-13-11-17(12-14-18)21-24-19(15-7-3-1-4-8-15)23-20(25-21)16-9-5-2-6-10-16;17-15-11-12-19(14-9-5-2-6-10-14)18-16(15)13-7-3-1-4-8-13;17-15-11-14(12-7-3-1-4-8-12)18-16(19-15)13-9-5-2-6-10-13/h2*1-15H;1-14H;1-12H;1-11H/q;;;+1;. The highest BCUT2D eigenvalue weighted by Gasteiger charge is 2.17. The van der Waals surface area contributed by atoms with E-state index in [0.717, 1.165) is 147 Å². The third-order valence-corrected chi connectivity index (χ3v) is 20.0. The summed E-state index contributed by atoms with van der Waals surface area (Å²) in [5.41, 5.74) is 19.0. The van der Waals surface area contributed by atoms with Crippen LogP contribution in [-0.4, -0.2) is 50.0 Å². The van der Waals surface area contributed by atoms with Gasteiger partial charge in [0.15, 0.2) is 40.6 Å². The van der Waals surface area contributed by atoms with Gasteiger partial charge in [0, 0.05) is 103 Å². The fourth-order valence-corrected chi connectivity index (χ4v) is 13.3. The van der Waals surface area contributed by atoms with Crippen molar-refractivity contribution in [3.8, 4) is 142 Å². The van der Waals surface area contributed by atoms with Crippen molar-refractivity contribution in [3.05, 3.63) is 429 Å². The lowest BCUT2D eigenvalue weighted by Gasteiger charge is -2.09. The maximum Gasteiger partial charge on any atom is 0.238 e. The maximum absolute atomic E-state index is 4.80. The molecule has 11 nitrogen and oxygen atoms in total. The van der Waals surface area contributed by atoms with Gasteiger partial charge in [0.25, 0.3) is 0 Å². The van der Waals surface area contributed by atoms with Crippen LogP contribution in [0.1, 0.15) is 0 Å². The van der Waals surface area contributed by atoms with Gasteiger partial charge in [-0.1, -0.05) is 380 Å².